The van der Waals surface area contributed by atoms with Gasteiger partial charge >= 0.3 is 0 Å². The molecule has 0 fully saturated rings. The summed E-state index contributed by atoms with van der Waals surface area (Å²) in [5, 5.41) is 2.87. The quantitative estimate of drug-likeness (QED) is 0.841. The van der Waals surface area contributed by atoms with Crippen LogP contribution in [0.25, 0.3) is 0 Å². The second-order valence-corrected chi connectivity index (χ2v) is 6.97. The topological polar surface area (TPSA) is 72.2 Å². The molecule has 0 aromatic heterocycles. The van der Waals surface area contributed by atoms with Crippen LogP contribution in [0.3, 0.4) is 0 Å². The van der Waals surface area contributed by atoms with Crippen molar-refractivity contribution >= 4 is 34.8 Å². The van der Waals surface area contributed by atoms with Gasteiger partial charge in [-0.25, -0.2) is 0 Å². The first-order valence-corrected chi connectivity index (χ1v) is 8.49. The maximum absolute atomic E-state index is 12.0. The third-order valence-corrected chi connectivity index (χ3v) is 3.84. The summed E-state index contributed by atoms with van der Waals surface area (Å²) in [6, 6.07) is 5.13. The Bertz CT molecular complexity index is 506. The first-order chi connectivity index (χ1) is 9.31. The zero-order valence-electron chi connectivity index (χ0n) is 13.0. The Morgan fingerprint density at radius 2 is 2.00 bits per heavy atom. The lowest BCUT2D eigenvalue weighted by Gasteiger charge is -2.16. The fourth-order valence-corrected chi connectivity index (χ4v) is 2.79. The van der Waals surface area contributed by atoms with E-state index in [-0.39, 0.29) is 18.3 Å². The highest BCUT2D eigenvalue weighted by Gasteiger charge is 2.16. The van der Waals surface area contributed by atoms with Crippen molar-refractivity contribution in [3.8, 4) is 0 Å². The van der Waals surface area contributed by atoms with Gasteiger partial charge in [-0.3, -0.25) is 9.00 Å². The third kappa shape index (κ3) is 6.59. The zero-order valence-corrected chi connectivity index (χ0v) is 14.6. The lowest BCUT2D eigenvalue weighted by atomic mass is 10.0. The summed E-state index contributed by atoms with van der Waals surface area (Å²) >= 11 is 0. The Balaban J connectivity index is 0.00000400. The highest BCUT2D eigenvalue weighted by atomic mass is 35.5. The van der Waals surface area contributed by atoms with Crippen LogP contribution in [0.5, 0.6) is 0 Å². The van der Waals surface area contributed by atoms with Gasteiger partial charge in [0.05, 0.1) is 6.04 Å². The number of amides is 1. The molecule has 1 amide bonds. The number of anilines is 1. The fraction of sp³-hybridized carbons (Fsp3) is 0.533. The number of benzene rings is 1. The molecule has 21 heavy (non-hydrogen) atoms. The van der Waals surface area contributed by atoms with E-state index in [2.05, 4.69) is 5.32 Å². The van der Waals surface area contributed by atoms with Crippen LogP contribution in [0.1, 0.15) is 31.4 Å². The monoisotopic (exact) mass is 332 g/mol. The van der Waals surface area contributed by atoms with E-state index in [0.717, 1.165) is 16.8 Å². The van der Waals surface area contributed by atoms with Gasteiger partial charge in [-0.1, -0.05) is 26.0 Å². The number of carbonyl (C=O) groups is 1. The van der Waals surface area contributed by atoms with Gasteiger partial charge in [0.15, 0.2) is 0 Å². The number of nitrogens with one attached hydrogen (secondary N) is 1. The smallest absolute Gasteiger partial charge is 0.241 e. The molecule has 1 rings (SSSR count). The molecule has 1 aromatic carbocycles. The minimum absolute atomic E-state index is 0. The molecular weight excluding hydrogens is 308 g/mol. The van der Waals surface area contributed by atoms with Crippen molar-refractivity contribution in [3.05, 3.63) is 29.3 Å². The summed E-state index contributed by atoms with van der Waals surface area (Å²) in [5.41, 5.74) is 8.56. The second-order valence-electron chi connectivity index (χ2n) is 5.53. The largest absolute Gasteiger partial charge is 0.324 e. The molecule has 0 radical (unpaired) electrons. The van der Waals surface area contributed by atoms with E-state index in [0.29, 0.717) is 18.1 Å². The molecule has 0 heterocycles. The standard InChI is InChI=1S/C15H24N2O2S.ClH/c1-10(2)8-13(16)15(18)17-14-7-5-6-12(11(14)3)9-20(4)19;/h5-7,10,13H,8-9,16H2,1-4H3,(H,17,18);1H/t13-,20?;/m0./s1. The van der Waals surface area contributed by atoms with Crippen molar-refractivity contribution in [2.45, 2.75) is 39.0 Å². The van der Waals surface area contributed by atoms with Crippen LogP contribution in [-0.2, 0) is 21.3 Å². The van der Waals surface area contributed by atoms with Crippen molar-refractivity contribution in [1.29, 1.82) is 0 Å². The summed E-state index contributed by atoms with van der Waals surface area (Å²) in [6.07, 6.45) is 2.33. The molecule has 3 N–H and O–H groups in total. The lowest BCUT2D eigenvalue weighted by Crippen LogP contribution is -2.36. The number of halogens is 1. The lowest BCUT2D eigenvalue weighted by molar-refractivity contribution is -0.117. The zero-order chi connectivity index (χ0) is 15.3. The number of nitrogens with two attached hydrogens (primary N) is 1. The number of hydrogen-bond acceptors (Lipinski definition) is 3. The van der Waals surface area contributed by atoms with Crippen LogP contribution >= 0.6 is 12.4 Å². The van der Waals surface area contributed by atoms with Crippen LogP contribution in [0.2, 0.25) is 0 Å². The van der Waals surface area contributed by atoms with Gasteiger partial charge in [0, 0.05) is 28.5 Å². The Kier molecular flexibility index (Phi) is 8.78. The van der Waals surface area contributed by atoms with Gasteiger partial charge in [-0.15, -0.1) is 12.4 Å². The van der Waals surface area contributed by atoms with Gasteiger partial charge in [0.1, 0.15) is 0 Å². The third-order valence-electron chi connectivity index (χ3n) is 3.12. The molecule has 0 aliphatic heterocycles. The normalized spacial score (nSPS) is 13.4. The molecular formula is C15H25ClN2O2S. The maximum Gasteiger partial charge on any atom is 0.241 e. The van der Waals surface area contributed by atoms with Gasteiger partial charge < -0.3 is 11.1 Å². The van der Waals surface area contributed by atoms with E-state index in [1.54, 1.807) is 6.26 Å². The molecule has 2 atom stereocenters. The first-order valence-electron chi connectivity index (χ1n) is 6.76. The minimum atomic E-state index is -0.902. The molecule has 0 aliphatic rings. The average Bonchev–Trinajstić information content (AvgIpc) is 2.32. The minimum Gasteiger partial charge on any atom is -0.324 e. The fourth-order valence-electron chi connectivity index (χ4n) is 2.03. The Hall–Kier alpha value is -0.910. The predicted octanol–water partition coefficient (Wildman–Crippen LogP) is 2.61. The summed E-state index contributed by atoms with van der Waals surface area (Å²) in [5.74, 6) is 0.704. The van der Waals surface area contributed by atoms with Crippen molar-refractivity contribution in [3.63, 3.8) is 0 Å². The molecule has 4 nitrogen and oxygen atoms in total. The van der Waals surface area contributed by atoms with Crippen LogP contribution in [0, 0.1) is 12.8 Å². The van der Waals surface area contributed by atoms with Gasteiger partial charge in [-0.05, 0) is 36.5 Å². The molecule has 1 aromatic rings. The van der Waals surface area contributed by atoms with E-state index in [4.69, 9.17) is 5.73 Å². The SMILES string of the molecule is Cc1c(CS(C)=O)cccc1NC(=O)[C@@H](N)CC(C)C.Cl. The van der Waals surface area contributed by atoms with Gasteiger partial charge in [0.25, 0.3) is 0 Å². The molecule has 0 spiro atoms. The van der Waals surface area contributed by atoms with E-state index in [1.807, 2.05) is 39.0 Å². The molecule has 6 heteroatoms. The van der Waals surface area contributed by atoms with Crippen LogP contribution in [0.4, 0.5) is 5.69 Å². The number of hydrogen-bond donors (Lipinski definition) is 2. The molecule has 0 bridgehead atoms. The Labute approximate surface area is 135 Å². The van der Waals surface area contributed by atoms with Gasteiger partial charge in [-0.2, -0.15) is 0 Å². The Morgan fingerprint density at radius 1 is 1.38 bits per heavy atom. The summed E-state index contributed by atoms with van der Waals surface area (Å²) in [7, 11) is -0.902. The highest BCUT2D eigenvalue weighted by molar-refractivity contribution is 7.83. The van der Waals surface area contributed by atoms with E-state index >= 15 is 0 Å². The highest BCUT2D eigenvalue weighted by Crippen LogP contribution is 2.20. The van der Waals surface area contributed by atoms with Crippen LogP contribution in [-0.4, -0.2) is 22.4 Å². The average molecular weight is 333 g/mol. The maximum atomic E-state index is 12.0. The summed E-state index contributed by atoms with van der Waals surface area (Å²) in [6.45, 7) is 6.00. The summed E-state index contributed by atoms with van der Waals surface area (Å²) in [4.78, 5) is 12.0. The van der Waals surface area contributed by atoms with E-state index in [1.165, 1.54) is 0 Å². The van der Waals surface area contributed by atoms with Gasteiger partial charge in [0.2, 0.25) is 5.91 Å². The summed E-state index contributed by atoms with van der Waals surface area (Å²) < 4.78 is 11.3. The van der Waals surface area contributed by atoms with Crippen LogP contribution in [0.15, 0.2) is 18.2 Å². The predicted molar refractivity (Wildman–Crippen MR) is 92.3 cm³/mol. The molecule has 0 saturated carbocycles. The first kappa shape index (κ1) is 20.1. The van der Waals surface area contributed by atoms with E-state index < -0.39 is 16.8 Å². The molecule has 0 aliphatic carbocycles. The number of rotatable bonds is 6. The Morgan fingerprint density at radius 3 is 2.52 bits per heavy atom. The molecule has 0 saturated heterocycles. The van der Waals surface area contributed by atoms with E-state index in [9.17, 15) is 9.00 Å². The van der Waals surface area contributed by atoms with Crippen molar-refractivity contribution in [1.82, 2.24) is 0 Å². The second kappa shape index (κ2) is 9.18. The molecule has 120 valence electrons. The van der Waals surface area contributed by atoms with Crippen LogP contribution < -0.4 is 11.1 Å². The van der Waals surface area contributed by atoms with Crippen molar-refractivity contribution < 1.29 is 9.00 Å². The van der Waals surface area contributed by atoms with Crippen molar-refractivity contribution in [2.24, 2.45) is 11.7 Å². The number of carbonyl (C=O) groups excluding carboxylic acids is 1. The molecule has 1 unspecified atom stereocenters. The van der Waals surface area contributed by atoms with Crippen molar-refractivity contribution in [2.75, 3.05) is 11.6 Å².